The molecule has 0 radical (unpaired) electrons. The number of hydrogen-bond donors (Lipinski definition) is 0. The van der Waals surface area contributed by atoms with Gasteiger partial charge in [-0.15, -0.1) is 0 Å². The third-order valence-corrected chi connectivity index (χ3v) is 2.85. The second-order valence-corrected chi connectivity index (χ2v) is 3.70. The standard InChI is InChI=1S/C12H20O/c1-4-7-12(10(2)13-3)11-8-5-6-9-11/h4,7,11H,5-6,8-9H2,1-3H3/b7-4-,12-10-. The van der Waals surface area contributed by atoms with Gasteiger partial charge in [-0.25, -0.2) is 0 Å². The highest BCUT2D eigenvalue weighted by atomic mass is 16.5. The van der Waals surface area contributed by atoms with Crippen LogP contribution in [0.5, 0.6) is 0 Å². The largest absolute Gasteiger partial charge is 0.501 e. The Hall–Kier alpha value is -0.720. The molecule has 0 unspecified atom stereocenters. The van der Waals surface area contributed by atoms with Crippen molar-refractivity contribution in [3.8, 4) is 0 Å². The number of ether oxygens (including phenoxy) is 1. The van der Waals surface area contributed by atoms with Gasteiger partial charge in [0, 0.05) is 0 Å². The van der Waals surface area contributed by atoms with Gasteiger partial charge in [0.1, 0.15) is 0 Å². The first-order valence-electron chi connectivity index (χ1n) is 5.17. The molecule has 0 aromatic rings. The molecule has 0 heterocycles. The van der Waals surface area contributed by atoms with E-state index in [1.54, 1.807) is 7.11 Å². The summed E-state index contributed by atoms with van der Waals surface area (Å²) in [6, 6.07) is 0. The zero-order valence-corrected chi connectivity index (χ0v) is 8.97. The zero-order chi connectivity index (χ0) is 9.68. The fraction of sp³-hybridized carbons (Fsp3) is 0.667. The molecule has 1 aliphatic carbocycles. The Kier molecular flexibility index (Phi) is 4.07. The molecule has 0 spiro atoms. The minimum atomic E-state index is 0.746. The van der Waals surface area contributed by atoms with Crippen molar-refractivity contribution in [2.45, 2.75) is 39.5 Å². The van der Waals surface area contributed by atoms with Gasteiger partial charge in [0.2, 0.25) is 0 Å². The molecule has 0 bridgehead atoms. The van der Waals surface area contributed by atoms with E-state index < -0.39 is 0 Å². The Morgan fingerprint density at radius 1 is 1.31 bits per heavy atom. The molecule has 1 rings (SSSR count). The van der Waals surface area contributed by atoms with Crippen molar-refractivity contribution < 1.29 is 4.74 Å². The number of hydrogen-bond acceptors (Lipinski definition) is 1. The van der Waals surface area contributed by atoms with Crippen molar-refractivity contribution in [3.63, 3.8) is 0 Å². The van der Waals surface area contributed by atoms with E-state index >= 15 is 0 Å². The Bertz CT molecular complexity index is 207. The highest BCUT2D eigenvalue weighted by molar-refractivity contribution is 5.24. The van der Waals surface area contributed by atoms with Crippen LogP contribution >= 0.6 is 0 Å². The molecule has 0 aromatic carbocycles. The van der Waals surface area contributed by atoms with Crippen LogP contribution < -0.4 is 0 Å². The second-order valence-electron chi connectivity index (χ2n) is 3.70. The van der Waals surface area contributed by atoms with Gasteiger partial charge in [0.15, 0.2) is 0 Å². The predicted octanol–water partition coefficient (Wildman–Crippen LogP) is 3.67. The lowest BCUT2D eigenvalue weighted by molar-refractivity contribution is 0.285. The molecule has 0 aromatic heterocycles. The molecular weight excluding hydrogens is 160 g/mol. The summed E-state index contributed by atoms with van der Waals surface area (Å²) in [7, 11) is 1.76. The SMILES string of the molecule is C/C=C\C(=C(/C)OC)C1CCCC1. The van der Waals surface area contributed by atoms with Crippen molar-refractivity contribution in [2.24, 2.45) is 5.92 Å². The van der Waals surface area contributed by atoms with E-state index in [-0.39, 0.29) is 0 Å². The number of methoxy groups -OCH3 is 1. The molecule has 0 saturated heterocycles. The Balaban J connectivity index is 2.77. The van der Waals surface area contributed by atoms with Gasteiger partial charge in [-0.05, 0) is 38.2 Å². The summed E-state index contributed by atoms with van der Waals surface area (Å²) in [5.74, 6) is 1.83. The topological polar surface area (TPSA) is 9.23 Å². The van der Waals surface area contributed by atoms with Gasteiger partial charge in [-0.1, -0.05) is 25.0 Å². The summed E-state index contributed by atoms with van der Waals surface area (Å²) in [5.41, 5.74) is 1.41. The smallest absolute Gasteiger partial charge is 0.0959 e. The molecule has 13 heavy (non-hydrogen) atoms. The molecule has 1 aliphatic rings. The molecule has 0 amide bonds. The van der Waals surface area contributed by atoms with Gasteiger partial charge in [0.05, 0.1) is 12.9 Å². The maximum Gasteiger partial charge on any atom is 0.0959 e. The van der Waals surface area contributed by atoms with E-state index in [2.05, 4.69) is 26.0 Å². The fourth-order valence-electron chi connectivity index (χ4n) is 2.08. The average Bonchev–Trinajstić information content (AvgIpc) is 2.65. The summed E-state index contributed by atoms with van der Waals surface area (Å²) in [6.45, 7) is 4.13. The van der Waals surface area contributed by atoms with Gasteiger partial charge >= 0.3 is 0 Å². The van der Waals surface area contributed by atoms with E-state index in [1.165, 1.54) is 31.3 Å². The highest BCUT2D eigenvalue weighted by Crippen LogP contribution is 2.33. The lowest BCUT2D eigenvalue weighted by Crippen LogP contribution is -2.00. The lowest BCUT2D eigenvalue weighted by atomic mass is 9.96. The number of allylic oxidation sites excluding steroid dienone is 4. The second kappa shape index (κ2) is 5.11. The van der Waals surface area contributed by atoms with E-state index in [1.807, 2.05) is 0 Å². The fourth-order valence-corrected chi connectivity index (χ4v) is 2.08. The van der Waals surface area contributed by atoms with Crippen molar-refractivity contribution in [2.75, 3.05) is 7.11 Å². The van der Waals surface area contributed by atoms with Crippen LogP contribution in [-0.4, -0.2) is 7.11 Å². The van der Waals surface area contributed by atoms with Gasteiger partial charge in [-0.2, -0.15) is 0 Å². The van der Waals surface area contributed by atoms with Crippen LogP contribution in [0.4, 0.5) is 0 Å². The first-order chi connectivity index (χ1) is 6.29. The molecule has 1 heteroatoms. The average molecular weight is 180 g/mol. The Morgan fingerprint density at radius 2 is 1.92 bits per heavy atom. The molecule has 0 N–H and O–H groups in total. The normalized spacial score (nSPS) is 20.8. The third kappa shape index (κ3) is 2.61. The van der Waals surface area contributed by atoms with Gasteiger partial charge in [0.25, 0.3) is 0 Å². The minimum Gasteiger partial charge on any atom is -0.501 e. The summed E-state index contributed by atoms with van der Waals surface area (Å²) in [6.07, 6.45) is 9.73. The van der Waals surface area contributed by atoms with E-state index in [4.69, 9.17) is 4.74 Å². The van der Waals surface area contributed by atoms with Crippen molar-refractivity contribution in [1.29, 1.82) is 0 Å². The first kappa shape index (κ1) is 10.4. The predicted molar refractivity (Wildman–Crippen MR) is 56.5 cm³/mol. The minimum absolute atomic E-state index is 0.746. The maximum absolute atomic E-state index is 5.31. The van der Waals surface area contributed by atoms with E-state index in [0.717, 1.165) is 11.7 Å². The van der Waals surface area contributed by atoms with Crippen LogP contribution in [0.1, 0.15) is 39.5 Å². The molecule has 1 fully saturated rings. The Morgan fingerprint density at radius 3 is 2.38 bits per heavy atom. The lowest BCUT2D eigenvalue weighted by Gasteiger charge is -2.13. The molecule has 0 atom stereocenters. The Labute approximate surface area is 81.5 Å². The van der Waals surface area contributed by atoms with Crippen LogP contribution in [-0.2, 0) is 4.74 Å². The van der Waals surface area contributed by atoms with Crippen LogP contribution in [0.15, 0.2) is 23.5 Å². The number of rotatable bonds is 3. The van der Waals surface area contributed by atoms with Crippen molar-refractivity contribution >= 4 is 0 Å². The zero-order valence-electron chi connectivity index (χ0n) is 8.97. The summed E-state index contributed by atoms with van der Waals surface area (Å²) < 4.78 is 5.31. The van der Waals surface area contributed by atoms with Crippen LogP contribution in [0.2, 0.25) is 0 Å². The van der Waals surface area contributed by atoms with Crippen LogP contribution in [0.25, 0.3) is 0 Å². The van der Waals surface area contributed by atoms with Crippen molar-refractivity contribution in [1.82, 2.24) is 0 Å². The van der Waals surface area contributed by atoms with Crippen molar-refractivity contribution in [3.05, 3.63) is 23.5 Å². The van der Waals surface area contributed by atoms with E-state index in [9.17, 15) is 0 Å². The van der Waals surface area contributed by atoms with E-state index in [0.29, 0.717) is 0 Å². The molecule has 0 aliphatic heterocycles. The third-order valence-electron chi connectivity index (χ3n) is 2.85. The summed E-state index contributed by atoms with van der Waals surface area (Å²) >= 11 is 0. The maximum atomic E-state index is 5.31. The van der Waals surface area contributed by atoms with Crippen LogP contribution in [0, 0.1) is 5.92 Å². The van der Waals surface area contributed by atoms with Crippen LogP contribution in [0.3, 0.4) is 0 Å². The summed E-state index contributed by atoms with van der Waals surface area (Å²) in [4.78, 5) is 0. The van der Waals surface area contributed by atoms with Gasteiger partial charge in [-0.3, -0.25) is 0 Å². The quantitative estimate of drug-likeness (QED) is 0.475. The molecule has 1 saturated carbocycles. The molecule has 1 nitrogen and oxygen atoms in total. The monoisotopic (exact) mass is 180 g/mol. The van der Waals surface area contributed by atoms with Gasteiger partial charge < -0.3 is 4.74 Å². The molecule has 74 valence electrons. The first-order valence-corrected chi connectivity index (χ1v) is 5.17. The highest BCUT2D eigenvalue weighted by Gasteiger charge is 2.19. The summed E-state index contributed by atoms with van der Waals surface area (Å²) in [5, 5.41) is 0. The molecular formula is C12H20O.